The van der Waals surface area contributed by atoms with E-state index in [-0.39, 0.29) is 17.3 Å². The van der Waals surface area contributed by atoms with Crippen molar-refractivity contribution in [2.75, 3.05) is 5.73 Å². The Labute approximate surface area is 57.5 Å². The monoisotopic (exact) mass is 135 g/mol. The Morgan fingerprint density at radius 1 is 1.60 bits per heavy atom. The summed E-state index contributed by atoms with van der Waals surface area (Å²) < 4.78 is 0. The van der Waals surface area contributed by atoms with Gasteiger partial charge in [-0.3, -0.25) is 0 Å². The van der Waals surface area contributed by atoms with Gasteiger partial charge in [-0.05, 0) is 12.1 Å². The van der Waals surface area contributed by atoms with Gasteiger partial charge in [-0.1, -0.05) is 0 Å². The van der Waals surface area contributed by atoms with Crippen LogP contribution >= 0.6 is 0 Å². The minimum atomic E-state index is -0.142. The van der Waals surface area contributed by atoms with Gasteiger partial charge in [0.1, 0.15) is 11.9 Å². The number of aromatic hydroxyl groups is 1. The van der Waals surface area contributed by atoms with Crippen molar-refractivity contribution in [1.82, 2.24) is 4.98 Å². The molecular formula is C6H5N3O. The smallest absolute Gasteiger partial charge is 0.184 e. The van der Waals surface area contributed by atoms with Gasteiger partial charge in [-0.2, -0.15) is 5.26 Å². The maximum absolute atomic E-state index is 8.89. The molecular weight excluding hydrogens is 130 g/mol. The highest BCUT2D eigenvalue weighted by atomic mass is 16.3. The van der Waals surface area contributed by atoms with E-state index in [1.54, 1.807) is 6.07 Å². The average molecular weight is 135 g/mol. The van der Waals surface area contributed by atoms with Crippen LogP contribution < -0.4 is 5.73 Å². The molecule has 3 N–H and O–H groups in total. The molecule has 0 aliphatic rings. The molecule has 0 bridgehead atoms. The van der Waals surface area contributed by atoms with Crippen molar-refractivity contribution >= 4 is 5.82 Å². The van der Waals surface area contributed by atoms with Crippen LogP contribution in [0.25, 0.3) is 0 Å². The number of aromatic nitrogens is 1. The van der Waals surface area contributed by atoms with Gasteiger partial charge in [-0.15, -0.1) is 0 Å². The number of nitrogen functional groups attached to an aromatic ring is 1. The Bertz CT molecular complexity index is 290. The van der Waals surface area contributed by atoms with Gasteiger partial charge >= 0.3 is 0 Å². The first-order chi connectivity index (χ1) is 4.74. The molecule has 1 aromatic rings. The SMILES string of the molecule is N#Cc1nc(N)ccc1O. The zero-order valence-electron chi connectivity index (χ0n) is 5.07. The lowest BCUT2D eigenvalue weighted by molar-refractivity contribution is 0.471. The van der Waals surface area contributed by atoms with Gasteiger partial charge in [0.05, 0.1) is 0 Å². The van der Waals surface area contributed by atoms with Gasteiger partial charge in [0.2, 0.25) is 0 Å². The predicted octanol–water partition coefficient (Wildman–Crippen LogP) is 0.241. The highest BCUT2D eigenvalue weighted by molar-refractivity contribution is 5.42. The summed E-state index contributed by atoms with van der Waals surface area (Å²) in [6, 6.07) is 4.46. The molecule has 0 aliphatic heterocycles. The summed E-state index contributed by atoms with van der Waals surface area (Å²) in [6.07, 6.45) is 0. The standard InChI is InChI=1S/C6H5N3O/c7-3-4-5(10)1-2-6(8)9-4/h1-2,10H,(H2,8,9). The van der Waals surface area contributed by atoms with Crippen molar-refractivity contribution in [2.24, 2.45) is 0 Å². The van der Waals surface area contributed by atoms with Crippen LogP contribution in [0.1, 0.15) is 5.69 Å². The molecule has 0 atom stereocenters. The molecule has 4 nitrogen and oxygen atoms in total. The Morgan fingerprint density at radius 3 is 2.80 bits per heavy atom. The summed E-state index contributed by atoms with van der Waals surface area (Å²) in [6.45, 7) is 0. The molecule has 0 aliphatic carbocycles. The number of hydrogen-bond acceptors (Lipinski definition) is 4. The normalized spacial score (nSPS) is 8.70. The molecule has 0 saturated carbocycles. The van der Waals surface area contributed by atoms with E-state index in [0.717, 1.165) is 0 Å². The molecule has 1 heterocycles. The van der Waals surface area contributed by atoms with Crippen LogP contribution in [0.3, 0.4) is 0 Å². The lowest BCUT2D eigenvalue weighted by Gasteiger charge is -1.94. The molecule has 0 unspecified atom stereocenters. The van der Waals surface area contributed by atoms with E-state index in [4.69, 9.17) is 16.1 Å². The van der Waals surface area contributed by atoms with Crippen LogP contribution in [0.4, 0.5) is 5.82 Å². The van der Waals surface area contributed by atoms with Crippen LogP contribution in [0.5, 0.6) is 5.75 Å². The first kappa shape index (κ1) is 6.36. The minimum Gasteiger partial charge on any atom is -0.505 e. The number of nitrogens with zero attached hydrogens (tertiary/aromatic N) is 2. The van der Waals surface area contributed by atoms with Gasteiger partial charge in [0.25, 0.3) is 0 Å². The summed E-state index contributed by atoms with van der Waals surface area (Å²) in [5.41, 5.74) is 5.19. The second-order valence-electron chi connectivity index (χ2n) is 1.72. The second-order valence-corrected chi connectivity index (χ2v) is 1.72. The summed E-state index contributed by atoms with van der Waals surface area (Å²) >= 11 is 0. The summed E-state index contributed by atoms with van der Waals surface area (Å²) in [4.78, 5) is 3.56. The van der Waals surface area contributed by atoms with Crippen LogP contribution in [0, 0.1) is 11.3 Å². The molecule has 0 radical (unpaired) electrons. The number of nitrogens with two attached hydrogens (primary N) is 1. The van der Waals surface area contributed by atoms with E-state index in [1.807, 2.05) is 0 Å². The Morgan fingerprint density at radius 2 is 2.30 bits per heavy atom. The maximum atomic E-state index is 8.89. The highest BCUT2D eigenvalue weighted by Gasteiger charge is 1.99. The van der Waals surface area contributed by atoms with E-state index in [2.05, 4.69) is 4.98 Å². The Hall–Kier alpha value is -1.76. The van der Waals surface area contributed by atoms with Gasteiger partial charge in [0, 0.05) is 0 Å². The van der Waals surface area contributed by atoms with Crippen LogP contribution in [0.15, 0.2) is 12.1 Å². The van der Waals surface area contributed by atoms with Crippen molar-refractivity contribution < 1.29 is 5.11 Å². The summed E-state index contributed by atoms with van der Waals surface area (Å²) in [5.74, 6) is 0.0889. The van der Waals surface area contributed by atoms with E-state index in [1.165, 1.54) is 12.1 Å². The quantitative estimate of drug-likeness (QED) is 0.533. The fourth-order valence-electron chi connectivity index (χ4n) is 0.549. The second kappa shape index (κ2) is 2.23. The zero-order chi connectivity index (χ0) is 7.56. The Balaban J connectivity index is 3.25. The number of pyridine rings is 1. The molecule has 0 saturated heterocycles. The molecule has 0 amide bonds. The van der Waals surface area contributed by atoms with Crippen molar-refractivity contribution in [3.8, 4) is 11.8 Å². The molecule has 0 fully saturated rings. The first-order valence-corrected chi connectivity index (χ1v) is 2.59. The van der Waals surface area contributed by atoms with Crippen LogP contribution in [0.2, 0.25) is 0 Å². The highest BCUT2D eigenvalue weighted by Crippen LogP contribution is 2.13. The molecule has 0 spiro atoms. The molecule has 50 valence electrons. The number of rotatable bonds is 0. The van der Waals surface area contributed by atoms with Crippen molar-refractivity contribution in [3.63, 3.8) is 0 Å². The van der Waals surface area contributed by atoms with Crippen LogP contribution in [-0.4, -0.2) is 10.1 Å². The lowest BCUT2D eigenvalue weighted by Crippen LogP contribution is -1.91. The van der Waals surface area contributed by atoms with Crippen molar-refractivity contribution in [2.45, 2.75) is 0 Å². The largest absolute Gasteiger partial charge is 0.505 e. The van der Waals surface area contributed by atoms with Crippen molar-refractivity contribution in [1.29, 1.82) is 5.26 Å². The van der Waals surface area contributed by atoms with E-state index < -0.39 is 0 Å². The minimum absolute atomic E-state index is 0.0417. The lowest BCUT2D eigenvalue weighted by atomic mass is 10.3. The number of hydrogen-bond donors (Lipinski definition) is 2. The zero-order valence-corrected chi connectivity index (χ0v) is 5.07. The van der Waals surface area contributed by atoms with Gasteiger partial charge < -0.3 is 10.8 Å². The maximum Gasteiger partial charge on any atom is 0.184 e. The molecule has 1 aromatic heterocycles. The molecule has 4 heteroatoms. The topological polar surface area (TPSA) is 82.9 Å². The average Bonchev–Trinajstić information content (AvgIpc) is 1.94. The summed E-state index contributed by atoms with van der Waals surface area (Å²) in [5, 5.41) is 17.2. The Kier molecular flexibility index (Phi) is 1.42. The number of nitriles is 1. The fraction of sp³-hybridized carbons (Fsp3) is 0. The van der Waals surface area contributed by atoms with E-state index in [9.17, 15) is 0 Å². The molecule has 1 rings (SSSR count). The third-order valence-corrected chi connectivity index (χ3v) is 1.00. The van der Waals surface area contributed by atoms with Gasteiger partial charge in [-0.25, -0.2) is 4.98 Å². The summed E-state index contributed by atoms with van der Waals surface area (Å²) in [7, 11) is 0. The fourth-order valence-corrected chi connectivity index (χ4v) is 0.549. The molecule has 10 heavy (non-hydrogen) atoms. The number of anilines is 1. The van der Waals surface area contributed by atoms with E-state index >= 15 is 0 Å². The first-order valence-electron chi connectivity index (χ1n) is 2.59. The van der Waals surface area contributed by atoms with Gasteiger partial charge in [0.15, 0.2) is 11.4 Å². The molecule has 0 aromatic carbocycles. The van der Waals surface area contributed by atoms with E-state index in [0.29, 0.717) is 0 Å². The third-order valence-electron chi connectivity index (χ3n) is 1.00. The van der Waals surface area contributed by atoms with Crippen LogP contribution in [-0.2, 0) is 0 Å². The van der Waals surface area contributed by atoms with Crippen molar-refractivity contribution in [3.05, 3.63) is 17.8 Å². The third kappa shape index (κ3) is 0.977. The predicted molar refractivity (Wildman–Crippen MR) is 35.0 cm³/mol.